The van der Waals surface area contributed by atoms with Gasteiger partial charge < -0.3 is 11.6 Å². The number of carboxylic acid groups (broad SMARTS) is 1. The molecule has 7 heteroatoms. The predicted octanol–water partition coefficient (Wildman–Crippen LogP) is 3.09. The predicted molar refractivity (Wildman–Crippen MR) is 128 cm³/mol. The van der Waals surface area contributed by atoms with Crippen LogP contribution in [0.4, 0.5) is 0 Å². The Morgan fingerprint density at radius 1 is 0.969 bits per heavy atom. The Bertz CT molecular complexity index is 472. The molecule has 0 radical (unpaired) electrons. The summed E-state index contributed by atoms with van der Waals surface area (Å²) >= 11 is 0. The van der Waals surface area contributed by atoms with Gasteiger partial charge in [0.05, 0.1) is 25.6 Å². The first-order valence-electron chi connectivity index (χ1n) is 12.9. The number of aliphatic hydroxyl groups is 1. The van der Waals surface area contributed by atoms with Gasteiger partial charge in [0.15, 0.2) is 0 Å². The van der Waals surface area contributed by atoms with Gasteiger partial charge in [0, 0.05) is 0 Å². The van der Waals surface area contributed by atoms with Crippen molar-refractivity contribution in [3.8, 4) is 0 Å². The molecule has 1 aliphatic heterocycles. The van der Waals surface area contributed by atoms with Crippen molar-refractivity contribution in [2.45, 2.75) is 122 Å². The molecule has 32 heavy (non-hydrogen) atoms. The molecule has 0 aromatic heterocycles. The van der Waals surface area contributed by atoms with Gasteiger partial charge in [-0.3, -0.25) is 14.6 Å². The number of aliphatic hydroxyl groups excluding tert-OH is 1. The Morgan fingerprint density at radius 2 is 1.47 bits per heavy atom. The van der Waals surface area contributed by atoms with Crippen LogP contribution in [0, 0.1) is 5.92 Å². The second-order valence-electron chi connectivity index (χ2n) is 9.12. The van der Waals surface area contributed by atoms with E-state index in [-0.39, 0.29) is 49.9 Å². The first-order valence-corrected chi connectivity index (χ1v) is 12.9. The molecule has 0 saturated carbocycles. The van der Waals surface area contributed by atoms with Crippen LogP contribution in [0.25, 0.3) is 0 Å². The summed E-state index contributed by atoms with van der Waals surface area (Å²) < 4.78 is 0. The third-order valence-corrected chi connectivity index (χ3v) is 6.23. The van der Waals surface area contributed by atoms with E-state index in [1.54, 1.807) is 11.4 Å². The first-order chi connectivity index (χ1) is 15.1. The summed E-state index contributed by atoms with van der Waals surface area (Å²) in [5, 5.41) is 21.1. The molecule has 1 aliphatic rings. The van der Waals surface area contributed by atoms with Crippen molar-refractivity contribution in [2.75, 3.05) is 19.7 Å². The van der Waals surface area contributed by atoms with Gasteiger partial charge in [-0.15, -0.1) is 0 Å². The summed E-state index contributed by atoms with van der Waals surface area (Å²) in [5.74, 6) is -1.10. The van der Waals surface area contributed by atoms with Crippen molar-refractivity contribution in [3.05, 3.63) is 0 Å². The van der Waals surface area contributed by atoms with Crippen LogP contribution in [0.5, 0.6) is 0 Å². The first kappa shape index (κ1) is 31.9. The van der Waals surface area contributed by atoms with Gasteiger partial charge in [-0.05, 0) is 12.3 Å². The Labute approximate surface area is 220 Å². The van der Waals surface area contributed by atoms with Crippen molar-refractivity contribution in [3.63, 3.8) is 0 Å². The Hall–Kier alpha value is -0.140. The van der Waals surface area contributed by atoms with E-state index in [0.717, 1.165) is 19.3 Å². The molecule has 1 heterocycles. The summed E-state index contributed by atoms with van der Waals surface area (Å²) in [6, 6.07) is 0. The number of aliphatic carboxylic acids is 1. The van der Waals surface area contributed by atoms with E-state index in [4.69, 9.17) is 9.94 Å². The minimum Gasteiger partial charge on any atom is -1.00 e. The van der Waals surface area contributed by atoms with Gasteiger partial charge in [0.25, 0.3) is 0 Å². The number of hydrogen-bond donors (Lipinski definition) is 2. The van der Waals surface area contributed by atoms with Crippen molar-refractivity contribution < 1.29 is 50.8 Å². The molecule has 0 aromatic rings. The van der Waals surface area contributed by atoms with E-state index in [9.17, 15) is 9.90 Å². The number of carbonyl (C=O) groups is 1. The molecule has 0 saturated heterocycles. The van der Waals surface area contributed by atoms with Crippen LogP contribution in [0.1, 0.15) is 118 Å². The van der Waals surface area contributed by atoms with Gasteiger partial charge in [-0.1, -0.05) is 103 Å². The van der Waals surface area contributed by atoms with Crippen LogP contribution >= 0.6 is 0 Å². The normalized spacial score (nSPS) is 15.0. The minimum absolute atomic E-state index is 0. The molecule has 6 nitrogen and oxygen atoms in total. The molecule has 0 fully saturated rings. The van der Waals surface area contributed by atoms with Gasteiger partial charge in [-0.25, -0.2) is 5.06 Å². The van der Waals surface area contributed by atoms with E-state index in [1.807, 2.05) is 0 Å². The smallest absolute Gasteiger partial charge is 1.00 e. The molecular weight excluding hydrogens is 415 g/mol. The van der Waals surface area contributed by atoms with E-state index in [1.165, 1.54) is 83.5 Å². The molecule has 2 N–H and O–H groups in total. The average molecular weight is 465 g/mol. The quantitative estimate of drug-likeness (QED) is 0.190. The van der Waals surface area contributed by atoms with Crippen LogP contribution in [0.2, 0.25) is 0 Å². The summed E-state index contributed by atoms with van der Waals surface area (Å²) in [6.45, 7) is 3.79. The Kier molecular flexibility index (Phi) is 22.5. The number of aliphatic imine (C=N–C) groups is 1. The van der Waals surface area contributed by atoms with Crippen molar-refractivity contribution in [2.24, 2.45) is 10.9 Å². The van der Waals surface area contributed by atoms with Crippen LogP contribution < -0.4 is 29.6 Å². The Morgan fingerprint density at radius 3 is 1.91 bits per heavy atom. The van der Waals surface area contributed by atoms with E-state index in [0.29, 0.717) is 13.1 Å². The maximum Gasteiger partial charge on any atom is 1.00 e. The third-order valence-electron chi connectivity index (χ3n) is 6.23. The van der Waals surface area contributed by atoms with Crippen molar-refractivity contribution in [1.82, 2.24) is 5.06 Å². The number of carboxylic acids is 1. The van der Waals surface area contributed by atoms with Gasteiger partial charge in [0.1, 0.15) is 12.9 Å². The van der Waals surface area contributed by atoms with Crippen LogP contribution in [0.3, 0.4) is 0 Å². The van der Waals surface area contributed by atoms with E-state index in [2.05, 4.69) is 11.9 Å². The van der Waals surface area contributed by atoms with E-state index >= 15 is 0 Å². The molecule has 0 bridgehead atoms. The molecule has 2 atom stereocenters. The topological polar surface area (TPSA) is 82.4 Å². The number of hydroxylamine groups is 2. The van der Waals surface area contributed by atoms with Crippen LogP contribution in [0.15, 0.2) is 4.99 Å². The summed E-state index contributed by atoms with van der Waals surface area (Å²) in [7, 11) is 0. The molecule has 2 unspecified atom stereocenters. The maximum atomic E-state index is 11.2. The number of rotatable bonds is 22. The zero-order valence-electron chi connectivity index (χ0n) is 22.0. The summed E-state index contributed by atoms with van der Waals surface area (Å²) in [4.78, 5) is 20.7. The standard InChI is InChI=1S/C25H48N2O4.Na.H/c1-2-3-4-5-6-7-8-9-10-11-12-13-14-15-16-17-23(20-25(29)30)24(28)21-31-27-19-18-26-22-27;;/h22-24,28H,2-21H2,1H3,(H,29,30);;/q;+1;-1. The number of unbranched alkanes of at least 4 members (excludes halogenated alkanes) is 14. The molecule has 1 rings (SSSR count). The summed E-state index contributed by atoms with van der Waals surface area (Å²) in [6.07, 6.45) is 21.3. The fourth-order valence-corrected chi connectivity index (χ4v) is 4.20. The summed E-state index contributed by atoms with van der Waals surface area (Å²) in [5.41, 5.74) is 0. The molecule has 0 aromatic carbocycles. The largest absolute Gasteiger partial charge is 1.00 e. The minimum atomic E-state index is -0.854. The molecular formula is C25H49N2NaO4. The fraction of sp³-hybridized carbons (Fsp3) is 0.920. The zero-order chi connectivity index (χ0) is 22.6. The van der Waals surface area contributed by atoms with Crippen LogP contribution in [-0.2, 0) is 9.63 Å². The number of hydrogen-bond acceptors (Lipinski definition) is 5. The van der Waals surface area contributed by atoms with E-state index < -0.39 is 12.1 Å². The third kappa shape index (κ3) is 18.3. The second-order valence-corrected chi connectivity index (χ2v) is 9.12. The van der Waals surface area contributed by atoms with Gasteiger partial charge in [-0.2, -0.15) is 0 Å². The fourth-order valence-electron chi connectivity index (χ4n) is 4.20. The Balaban J connectivity index is 0. The monoisotopic (exact) mass is 464 g/mol. The number of nitrogens with zero attached hydrogens (tertiary/aromatic N) is 2. The molecule has 0 amide bonds. The molecule has 0 spiro atoms. The van der Waals surface area contributed by atoms with Crippen LogP contribution in [-0.4, -0.2) is 53.4 Å². The van der Waals surface area contributed by atoms with Gasteiger partial charge >= 0.3 is 35.5 Å². The SMILES string of the molecule is CCCCCCCCCCCCCCCCCC(CC(=O)O)C(O)CON1C=NCC1.[H-].[Na+]. The zero-order valence-corrected chi connectivity index (χ0v) is 23.0. The molecule has 184 valence electrons. The molecule has 0 aliphatic carbocycles. The van der Waals surface area contributed by atoms with Crippen molar-refractivity contribution in [1.29, 1.82) is 0 Å². The maximum absolute atomic E-state index is 11.2. The second kappa shape index (κ2) is 22.6. The van der Waals surface area contributed by atoms with Gasteiger partial charge in [0.2, 0.25) is 0 Å². The average Bonchev–Trinajstić information content (AvgIpc) is 3.27. The van der Waals surface area contributed by atoms with Crippen molar-refractivity contribution >= 4 is 12.3 Å².